The van der Waals surface area contributed by atoms with Crippen molar-refractivity contribution in [2.75, 3.05) is 12.0 Å². The third-order valence-electron chi connectivity index (χ3n) is 3.37. The van der Waals surface area contributed by atoms with Crippen molar-refractivity contribution in [1.29, 1.82) is 0 Å². The lowest BCUT2D eigenvalue weighted by molar-refractivity contribution is 0.546. The van der Waals surface area contributed by atoms with Crippen LogP contribution in [0.5, 0.6) is 0 Å². The molecule has 0 aromatic heterocycles. The van der Waals surface area contributed by atoms with E-state index in [1.54, 1.807) is 0 Å². The van der Waals surface area contributed by atoms with Crippen molar-refractivity contribution in [2.45, 2.75) is 84.0 Å². The number of sulfone groups is 1. The van der Waals surface area contributed by atoms with Crippen LogP contribution in [0.1, 0.15) is 84.0 Å². The summed E-state index contributed by atoms with van der Waals surface area (Å²) in [6.07, 6.45) is 16.7. The van der Waals surface area contributed by atoms with Crippen LogP contribution in [-0.2, 0) is 9.84 Å². The highest BCUT2D eigenvalue weighted by Crippen LogP contribution is 2.12. The molecule has 0 aliphatic heterocycles. The van der Waals surface area contributed by atoms with E-state index in [1.807, 2.05) is 0 Å². The summed E-state index contributed by atoms with van der Waals surface area (Å²) in [6, 6.07) is 0. The summed E-state index contributed by atoms with van der Waals surface area (Å²) in [6.45, 7) is 2.25. The first-order valence-corrected chi connectivity index (χ1v) is 9.80. The molecular formula is C15H32O2S. The van der Waals surface area contributed by atoms with E-state index < -0.39 is 9.84 Å². The van der Waals surface area contributed by atoms with Gasteiger partial charge in [-0.2, -0.15) is 0 Å². The maximum atomic E-state index is 10.9. The molecule has 0 bridgehead atoms. The van der Waals surface area contributed by atoms with Gasteiger partial charge < -0.3 is 0 Å². The lowest BCUT2D eigenvalue weighted by atomic mass is 10.1. The minimum atomic E-state index is -2.74. The smallest absolute Gasteiger partial charge is 0.147 e. The van der Waals surface area contributed by atoms with Crippen LogP contribution in [0.4, 0.5) is 0 Å². The van der Waals surface area contributed by atoms with Gasteiger partial charge in [0, 0.05) is 12.0 Å². The van der Waals surface area contributed by atoms with E-state index in [1.165, 1.54) is 70.5 Å². The maximum Gasteiger partial charge on any atom is 0.147 e. The summed E-state index contributed by atoms with van der Waals surface area (Å²) in [4.78, 5) is 0. The van der Waals surface area contributed by atoms with E-state index in [0.717, 1.165) is 12.8 Å². The molecular weight excluding hydrogens is 244 g/mol. The largest absolute Gasteiger partial charge is 0.229 e. The fraction of sp³-hybridized carbons (Fsp3) is 1.00. The highest BCUT2D eigenvalue weighted by molar-refractivity contribution is 7.90. The topological polar surface area (TPSA) is 34.1 Å². The van der Waals surface area contributed by atoms with Crippen LogP contribution in [0.3, 0.4) is 0 Å². The predicted octanol–water partition coefficient (Wildman–Crippen LogP) is 4.73. The van der Waals surface area contributed by atoms with Crippen LogP contribution in [0.25, 0.3) is 0 Å². The van der Waals surface area contributed by atoms with Gasteiger partial charge in [-0.25, -0.2) is 8.42 Å². The average Bonchev–Trinajstić information content (AvgIpc) is 2.29. The summed E-state index contributed by atoms with van der Waals surface area (Å²) in [5, 5.41) is 0. The number of hydrogen-bond acceptors (Lipinski definition) is 2. The van der Waals surface area contributed by atoms with Gasteiger partial charge in [-0.15, -0.1) is 0 Å². The van der Waals surface area contributed by atoms with Crippen molar-refractivity contribution in [2.24, 2.45) is 0 Å². The van der Waals surface area contributed by atoms with E-state index in [-0.39, 0.29) is 0 Å². The second-order valence-corrected chi connectivity index (χ2v) is 7.78. The summed E-state index contributed by atoms with van der Waals surface area (Å²) < 4.78 is 21.8. The molecule has 0 rings (SSSR count). The fourth-order valence-corrected chi connectivity index (χ4v) is 2.93. The van der Waals surface area contributed by atoms with Gasteiger partial charge in [0.2, 0.25) is 0 Å². The Morgan fingerprint density at radius 2 is 0.944 bits per heavy atom. The number of unbranched alkanes of at least 4 members (excludes halogenated alkanes) is 11. The quantitative estimate of drug-likeness (QED) is 0.456. The molecule has 18 heavy (non-hydrogen) atoms. The highest BCUT2D eigenvalue weighted by Gasteiger charge is 2.00. The van der Waals surface area contributed by atoms with Crippen molar-refractivity contribution in [3.63, 3.8) is 0 Å². The summed E-state index contributed by atoms with van der Waals surface area (Å²) in [5.74, 6) is 0.366. The first-order chi connectivity index (χ1) is 8.56. The third-order valence-corrected chi connectivity index (χ3v) is 4.40. The Hall–Kier alpha value is -0.0500. The Bertz CT molecular complexity index is 258. The molecule has 0 aliphatic carbocycles. The van der Waals surface area contributed by atoms with Gasteiger partial charge in [0.15, 0.2) is 0 Å². The van der Waals surface area contributed by atoms with Gasteiger partial charge in [0.05, 0.1) is 0 Å². The number of rotatable bonds is 13. The molecule has 0 saturated carbocycles. The SMILES string of the molecule is CCCCCCCCCCCCCCS(C)(=O)=O. The van der Waals surface area contributed by atoms with Crippen molar-refractivity contribution in [1.82, 2.24) is 0 Å². The molecule has 0 aliphatic rings. The van der Waals surface area contributed by atoms with E-state index in [2.05, 4.69) is 6.92 Å². The Morgan fingerprint density at radius 3 is 1.28 bits per heavy atom. The first kappa shape index (κ1) is 17.9. The van der Waals surface area contributed by atoms with Gasteiger partial charge >= 0.3 is 0 Å². The molecule has 0 atom stereocenters. The van der Waals surface area contributed by atoms with Gasteiger partial charge in [-0.1, -0.05) is 77.6 Å². The molecule has 0 unspecified atom stereocenters. The Morgan fingerprint density at radius 1 is 0.611 bits per heavy atom. The van der Waals surface area contributed by atoms with E-state index in [0.29, 0.717) is 5.75 Å². The fourth-order valence-electron chi connectivity index (χ4n) is 2.21. The van der Waals surface area contributed by atoms with Crippen molar-refractivity contribution in [3.8, 4) is 0 Å². The molecule has 0 aromatic rings. The monoisotopic (exact) mass is 276 g/mol. The highest BCUT2D eigenvalue weighted by atomic mass is 32.2. The van der Waals surface area contributed by atoms with Crippen molar-refractivity contribution in [3.05, 3.63) is 0 Å². The van der Waals surface area contributed by atoms with Crippen LogP contribution in [0.2, 0.25) is 0 Å². The van der Waals surface area contributed by atoms with E-state index >= 15 is 0 Å². The molecule has 110 valence electrons. The molecule has 0 N–H and O–H groups in total. The molecule has 0 saturated heterocycles. The Balaban J connectivity index is 3.03. The zero-order chi connectivity index (χ0) is 13.7. The lowest BCUT2D eigenvalue weighted by Crippen LogP contribution is -2.02. The van der Waals surface area contributed by atoms with Crippen LogP contribution < -0.4 is 0 Å². The first-order valence-electron chi connectivity index (χ1n) is 7.74. The molecule has 0 aromatic carbocycles. The van der Waals surface area contributed by atoms with Gasteiger partial charge in [-0.05, 0) is 6.42 Å². The molecule has 0 amide bonds. The maximum absolute atomic E-state index is 10.9. The zero-order valence-corrected chi connectivity index (χ0v) is 13.2. The van der Waals surface area contributed by atoms with Crippen LogP contribution in [0.15, 0.2) is 0 Å². The average molecular weight is 276 g/mol. The zero-order valence-electron chi connectivity index (χ0n) is 12.4. The molecule has 3 heteroatoms. The second kappa shape index (κ2) is 12.0. The molecule has 2 nitrogen and oxygen atoms in total. The molecule has 0 fully saturated rings. The van der Waals surface area contributed by atoms with E-state index in [9.17, 15) is 8.42 Å². The van der Waals surface area contributed by atoms with Gasteiger partial charge in [0.25, 0.3) is 0 Å². The van der Waals surface area contributed by atoms with Crippen LogP contribution >= 0.6 is 0 Å². The summed E-state index contributed by atoms with van der Waals surface area (Å²) in [7, 11) is -2.74. The lowest BCUT2D eigenvalue weighted by Gasteiger charge is -2.02. The standard InChI is InChI=1S/C15H32O2S/c1-3-4-5-6-7-8-9-10-11-12-13-14-15-18(2,16)17/h3-15H2,1-2H3. The third kappa shape index (κ3) is 16.0. The van der Waals surface area contributed by atoms with Crippen molar-refractivity contribution >= 4 is 9.84 Å². The number of hydrogen-bond donors (Lipinski definition) is 0. The van der Waals surface area contributed by atoms with Crippen LogP contribution in [0, 0.1) is 0 Å². The summed E-state index contributed by atoms with van der Waals surface area (Å²) >= 11 is 0. The molecule has 0 radical (unpaired) electrons. The second-order valence-electron chi connectivity index (χ2n) is 5.52. The van der Waals surface area contributed by atoms with Gasteiger partial charge in [-0.3, -0.25) is 0 Å². The predicted molar refractivity (Wildman–Crippen MR) is 80.8 cm³/mol. The molecule has 0 spiro atoms. The van der Waals surface area contributed by atoms with Crippen molar-refractivity contribution < 1.29 is 8.42 Å². The normalized spacial score (nSPS) is 11.9. The van der Waals surface area contributed by atoms with Gasteiger partial charge in [0.1, 0.15) is 9.84 Å². The minimum Gasteiger partial charge on any atom is -0.229 e. The summed E-state index contributed by atoms with van der Waals surface area (Å²) in [5.41, 5.74) is 0. The molecule has 0 heterocycles. The minimum absolute atomic E-state index is 0.366. The Kier molecular flexibility index (Phi) is 12.0. The Labute approximate surface area is 114 Å². The van der Waals surface area contributed by atoms with E-state index in [4.69, 9.17) is 0 Å². The van der Waals surface area contributed by atoms with Crippen LogP contribution in [-0.4, -0.2) is 20.4 Å².